The molecule has 132 valence electrons. The van der Waals surface area contributed by atoms with Crippen LogP contribution in [0.3, 0.4) is 0 Å². The average molecular weight is 418 g/mol. The van der Waals surface area contributed by atoms with E-state index in [-0.39, 0.29) is 6.54 Å². The molecule has 0 radical (unpaired) electrons. The monoisotopic (exact) mass is 417 g/mol. The van der Waals surface area contributed by atoms with E-state index >= 15 is 0 Å². The van der Waals surface area contributed by atoms with Gasteiger partial charge in [0.1, 0.15) is 6.54 Å². The maximum Gasteiger partial charge on any atom is 0.251 e. The second kappa shape index (κ2) is 7.97. The highest BCUT2D eigenvalue weighted by molar-refractivity contribution is 9.10. The molecule has 0 bridgehead atoms. The maximum atomic E-state index is 13.4. The number of hydrogen-bond donors (Lipinski definition) is 2. The number of rotatable bonds is 5. The smallest absolute Gasteiger partial charge is 0.251 e. The zero-order valence-corrected chi connectivity index (χ0v) is 14.1. The number of carbonyl (C=O) groups is 2. The van der Waals surface area contributed by atoms with Crippen LogP contribution in [0.2, 0.25) is 0 Å². The Morgan fingerprint density at radius 2 is 1.76 bits per heavy atom. The third kappa shape index (κ3) is 4.92. The predicted molar refractivity (Wildman–Crippen MR) is 86.4 cm³/mol. The molecule has 2 aromatic rings. The zero-order chi connectivity index (χ0) is 18.6. The van der Waals surface area contributed by atoms with Gasteiger partial charge in [0.25, 0.3) is 5.56 Å². The normalized spacial score (nSPS) is 10.4. The summed E-state index contributed by atoms with van der Waals surface area (Å²) < 4.78 is 41.0. The van der Waals surface area contributed by atoms with Crippen LogP contribution in [0.1, 0.15) is 0 Å². The Kier molecular flexibility index (Phi) is 5.97. The van der Waals surface area contributed by atoms with Crippen LogP contribution in [0.15, 0.2) is 39.7 Å². The molecule has 0 aliphatic rings. The van der Waals surface area contributed by atoms with Crippen molar-refractivity contribution in [1.82, 2.24) is 9.88 Å². The minimum absolute atomic E-state index is 0.328. The van der Waals surface area contributed by atoms with E-state index in [4.69, 9.17) is 0 Å². The summed E-state index contributed by atoms with van der Waals surface area (Å²) in [7, 11) is 0. The molecule has 2 N–H and O–H groups in total. The molecule has 10 heteroatoms. The van der Waals surface area contributed by atoms with E-state index in [1.807, 2.05) is 5.32 Å². The molecule has 1 aromatic heterocycles. The lowest BCUT2D eigenvalue weighted by atomic mass is 10.2. The molecule has 0 fully saturated rings. The van der Waals surface area contributed by atoms with Gasteiger partial charge in [0, 0.05) is 16.7 Å². The first-order valence-corrected chi connectivity index (χ1v) is 7.63. The third-order valence-electron chi connectivity index (χ3n) is 3.02. The van der Waals surface area contributed by atoms with E-state index in [0.717, 1.165) is 10.6 Å². The quantitative estimate of drug-likeness (QED) is 0.727. The van der Waals surface area contributed by atoms with Crippen LogP contribution in [0.5, 0.6) is 0 Å². The highest BCUT2D eigenvalue weighted by Crippen LogP contribution is 2.19. The lowest BCUT2D eigenvalue weighted by molar-refractivity contribution is -0.124. The fourth-order valence-corrected chi connectivity index (χ4v) is 2.21. The van der Waals surface area contributed by atoms with Crippen LogP contribution in [0, 0.1) is 17.5 Å². The minimum atomic E-state index is -1.71. The number of pyridine rings is 1. The molecule has 6 nitrogen and oxygen atoms in total. The van der Waals surface area contributed by atoms with Crippen LogP contribution in [-0.2, 0) is 16.1 Å². The van der Waals surface area contributed by atoms with Crippen LogP contribution < -0.4 is 16.2 Å². The molecule has 0 atom stereocenters. The van der Waals surface area contributed by atoms with Gasteiger partial charge < -0.3 is 15.2 Å². The van der Waals surface area contributed by atoms with Gasteiger partial charge in [-0.25, -0.2) is 13.2 Å². The van der Waals surface area contributed by atoms with Crippen LogP contribution in [0.25, 0.3) is 0 Å². The fraction of sp³-hybridized carbons (Fsp3) is 0.133. The molecule has 2 amide bonds. The van der Waals surface area contributed by atoms with E-state index in [0.29, 0.717) is 10.5 Å². The molecule has 0 unspecified atom stereocenters. The van der Waals surface area contributed by atoms with E-state index in [2.05, 4.69) is 21.2 Å². The van der Waals surface area contributed by atoms with Gasteiger partial charge >= 0.3 is 0 Å². The number of nitrogens with zero attached hydrogens (tertiary/aromatic N) is 1. The fourth-order valence-electron chi connectivity index (χ4n) is 1.83. The van der Waals surface area contributed by atoms with E-state index < -0.39 is 47.1 Å². The molecule has 2 rings (SSSR count). The first-order valence-electron chi connectivity index (χ1n) is 6.84. The molecular weight excluding hydrogens is 407 g/mol. The van der Waals surface area contributed by atoms with Gasteiger partial charge in [-0.05, 0) is 34.1 Å². The second-order valence-corrected chi connectivity index (χ2v) is 5.78. The Morgan fingerprint density at radius 3 is 2.48 bits per heavy atom. The molecule has 0 aliphatic heterocycles. The summed E-state index contributed by atoms with van der Waals surface area (Å²) in [4.78, 5) is 35.0. The number of benzene rings is 1. The maximum absolute atomic E-state index is 13.4. The molecule has 1 heterocycles. The number of hydrogen-bond acceptors (Lipinski definition) is 3. The topological polar surface area (TPSA) is 80.2 Å². The Morgan fingerprint density at radius 1 is 1.04 bits per heavy atom. The summed E-state index contributed by atoms with van der Waals surface area (Å²) in [5.74, 6) is -6.12. The summed E-state index contributed by atoms with van der Waals surface area (Å²) in [6.07, 6.45) is 1.40. The first-order chi connectivity index (χ1) is 11.8. The SMILES string of the molecule is O=C(Cn1cc(Br)ccc1=O)NCC(=O)Nc1ccc(F)c(F)c1F. The van der Waals surface area contributed by atoms with Crippen molar-refractivity contribution in [3.63, 3.8) is 0 Å². The van der Waals surface area contributed by atoms with Crippen molar-refractivity contribution in [3.05, 3.63) is 62.7 Å². The van der Waals surface area contributed by atoms with E-state index in [9.17, 15) is 27.6 Å². The molecule has 1 aromatic carbocycles. The first kappa shape index (κ1) is 18.7. The van der Waals surface area contributed by atoms with Crippen molar-refractivity contribution >= 4 is 33.4 Å². The third-order valence-corrected chi connectivity index (χ3v) is 3.49. The molecule has 0 aliphatic carbocycles. The van der Waals surface area contributed by atoms with Crippen molar-refractivity contribution < 1.29 is 22.8 Å². The lowest BCUT2D eigenvalue weighted by Gasteiger charge is -2.09. The molecular formula is C15H11BrF3N3O3. The average Bonchev–Trinajstić information content (AvgIpc) is 2.57. The summed E-state index contributed by atoms with van der Waals surface area (Å²) in [6.45, 7) is -0.870. The number of aromatic nitrogens is 1. The van der Waals surface area contributed by atoms with Crippen molar-refractivity contribution in [2.24, 2.45) is 0 Å². The van der Waals surface area contributed by atoms with Crippen LogP contribution in [-0.4, -0.2) is 22.9 Å². The Bertz CT molecular complexity index is 886. The lowest BCUT2D eigenvalue weighted by Crippen LogP contribution is -2.37. The van der Waals surface area contributed by atoms with Crippen molar-refractivity contribution in [1.29, 1.82) is 0 Å². The number of carbonyl (C=O) groups excluding carboxylic acids is 2. The van der Waals surface area contributed by atoms with Gasteiger partial charge in [0.15, 0.2) is 17.5 Å². The predicted octanol–water partition coefficient (Wildman–Crippen LogP) is 1.78. The van der Waals surface area contributed by atoms with Gasteiger partial charge in [-0.3, -0.25) is 14.4 Å². The number of anilines is 1. The summed E-state index contributed by atoms with van der Waals surface area (Å²) in [5.41, 5.74) is -0.965. The molecule has 0 saturated carbocycles. The Balaban J connectivity index is 1.92. The number of halogens is 4. The minimum Gasteiger partial charge on any atom is -0.345 e. The summed E-state index contributed by atoms with van der Waals surface area (Å²) in [6, 6.07) is 4.29. The Labute approximate surface area is 147 Å². The highest BCUT2D eigenvalue weighted by atomic mass is 79.9. The van der Waals surface area contributed by atoms with Gasteiger partial charge in [-0.2, -0.15) is 0 Å². The van der Waals surface area contributed by atoms with Crippen LogP contribution in [0.4, 0.5) is 18.9 Å². The Hall–Kier alpha value is -2.62. The summed E-state index contributed by atoms with van der Waals surface area (Å²) >= 11 is 3.15. The number of nitrogens with one attached hydrogen (secondary N) is 2. The largest absolute Gasteiger partial charge is 0.345 e. The second-order valence-electron chi connectivity index (χ2n) is 4.86. The molecule has 25 heavy (non-hydrogen) atoms. The van der Waals surface area contributed by atoms with E-state index in [1.165, 1.54) is 18.3 Å². The van der Waals surface area contributed by atoms with Gasteiger partial charge in [-0.1, -0.05) is 0 Å². The van der Waals surface area contributed by atoms with Crippen molar-refractivity contribution in [2.45, 2.75) is 6.54 Å². The van der Waals surface area contributed by atoms with Crippen molar-refractivity contribution in [2.75, 3.05) is 11.9 Å². The van der Waals surface area contributed by atoms with Crippen LogP contribution >= 0.6 is 15.9 Å². The zero-order valence-electron chi connectivity index (χ0n) is 12.5. The van der Waals surface area contributed by atoms with E-state index in [1.54, 1.807) is 0 Å². The summed E-state index contributed by atoms with van der Waals surface area (Å²) in [5, 5.41) is 4.23. The van der Waals surface area contributed by atoms with Gasteiger partial charge in [0.05, 0.1) is 12.2 Å². The standard InChI is InChI=1S/C15H11BrF3N3O3/c16-8-1-4-13(25)22(6-8)7-12(24)20-5-11(23)21-10-3-2-9(17)14(18)15(10)19/h1-4,6H,5,7H2,(H,20,24)(H,21,23). The van der Waals surface area contributed by atoms with Crippen molar-refractivity contribution in [3.8, 4) is 0 Å². The number of amides is 2. The van der Waals surface area contributed by atoms with Gasteiger partial charge in [0.2, 0.25) is 11.8 Å². The molecule has 0 spiro atoms. The van der Waals surface area contributed by atoms with Gasteiger partial charge in [-0.15, -0.1) is 0 Å². The highest BCUT2D eigenvalue weighted by Gasteiger charge is 2.15. The molecule has 0 saturated heterocycles.